The molecule has 0 fully saturated rings. The smallest absolute Gasteiger partial charge is 0.0991 e. The van der Waals surface area contributed by atoms with Crippen LogP contribution in [0.25, 0.3) is 0 Å². The zero-order valence-electron chi connectivity index (χ0n) is 5.92. The van der Waals surface area contributed by atoms with Gasteiger partial charge in [-0.05, 0) is 17.7 Å². The van der Waals surface area contributed by atoms with Crippen molar-refractivity contribution >= 4 is 15.9 Å². The molecule has 0 saturated carbocycles. The SMILES string of the molecule is N#Cc1ccc([CH]CBr)cc1. The van der Waals surface area contributed by atoms with Crippen LogP contribution in [0.2, 0.25) is 0 Å². The van der Waals surface area contributed by atoms with E-state index in [0.717, 1.165) is 10.9 Å². The van der Waals surface area contributed by atoms with E-state index in [1.165, 1.54) is 0 Å². The van der Waals surface area contributed by atoms with Gasteiger partial charge in [-0.1, -0.05) is 28.1 Å². The molecule has 11 heavy (non-hydrogen) atoms. The lowest BCUT2D eigenvalue weighted by Crippen LogP contribution is -1.81. The van der Waals surface area contributed by atoms with Crippen LogP contribution >= 0.6 is 15.9 Å². The maximum atomic E-state index is 8.49. The van der Waals surface area contributed by atoms with Gasteiger partial charge >= 0.3 is 0 Å². The molecule has 1 rings (SSSR count). The molecule has 1 radical (unpaired) electrons. The fourth-order valence-electron chi connectivity index (χ4n) is 0.783. The fourth-order valence-corrected chi connectivity index (χ4v) is 1.16. The zero-order valence-corrected chi connectivity index (χ0v) is 7.51. The number of nitriles is 1. The maximum Gasteiger partial charge on any atom is 0.0991 e. The number of halogens is 1. The molecule has 0 unspecified atom stereocenters. The molecule has 0 N–H and O–H groups in total. The van der Waals surface area contributed by atoms with Gasteiger partial charge in [0.15, 0.2) is 0 Å². The summed E-state index contributed by atoms with van der Waals surface area (Å²) in [7, 11) is 0. The molecule has 2 heteroatoms. The van der Waals surface area contributed by atoms with Crippen LogP contribution in [0.4, 0.5) is 0 Å². The van der Waals surface area contributed by atoms with Crippen LogP contribution in [0.3, 0.4) is 0 Å². The van der Waals surface area contributed by atoms with Crippen molar-refractivity contribution in [1.29, 1.82) is 5.26 Å². The topological polar surface area (TPSA) is 23.8 Å². The predicted octanol–water partition coefficient (Wildman–Crippen LogP) is 2.51. The van der Waals surface area contributed by atoms with Gasteiger partial charge in [0, 0.05) is 11.8 Å². The molecule has 1 aromatic carbocycles. The third kappa shape index (κ3) is 2.36. The monoisotopic (exact) mass is 208 g/mol. The molecule has 0 aliphatic heterocycles. The highest BCUT2D eigenvalue weighted by molar-refractivity contribution is 9.09. The molecule has 0 saturated heterocycles. The summed E-state index contributed by atoms with van der Waals surface area (Å²) in [6.07, 6.45) is 2.04. The molecule has 0 aliphatic carbocycles. The molecule has 0 heterocycles. The molecule has 0 aliphatic rings. The number of hydrogen-bond acceptors (Lipinski definition) is 1. The van der Waals surface area contributed by atoms with Crippen molar-refractivity contribution in [3.8, 4) is 6.07 Å². The van der Waals surface area contributed by atoms with Gasteiger partial charge in [-0.15, -0.1) is 0 Å². The Morgan fingerprint density at radius 1 is 1.36 bits per heavy atom. The summed E-state index contributed by atoms with van der Waals surface area (Å²) in [6.45, 7) is 0. The van der Waals surface area contributed by atoms with Gasteiger partial charge < -0.3 is 0 Å². The first-order chi connectivity index (χ1) is 5.36. The third-order valence-corrected chi connectivity index (χ3v) is 1.68. The van der Waals surface area contributed by atoms with Gasteiger partial charge in [0.1, 0.15) is 0 Å². The van der Waals surface area contributed by atoms with E-state index in [2.05, 4.69) is 22.0 Å². The molecule has 0 amide bonds. The van der Waals surface area contributed by atoms with Crippen LogP contribution in [0.1, 0.15) is 11.1 Å². The average molecular weight is 209 g/mol. The van der Waals surface area contributed by atoms with Gasteiger partial charge in [-0.25, -0.2) is 0 Å². The van der Waals surface area contributed by atoms with Crippen LogP contribution in [0, 0.1) is 17.8 Å². The van der Waals surface area contributed by atoms with E-state index in [4.69, 9.17) is 5.26 Å². The predicted molar refractivity (Wildman–Crippen MR) is 48.4 cm³/mol. The Kier molecular flexibility index (Phi) is 3.13. The van der Waals surface area contributed by atoms with E-state index in [-0.39, 0.29) is 0 Å². The lowest BCUT2D eigenvalue weighted by Gasteiger charge is -1.95. The van der Waals surface area contributed by atoms with E-state index in [1.54, 1.807) is 0 Å². The van der Waals surface area contributed by atoms with E-state index < -0.39 is 0 Å². The third-order valence-electron chi connectivity index (χ3n) is 1.35. The fraction of sp³-hybridized carbons (Fsp3) is 0.111. The lowest BCUT2D eigenvalue weighted by atomic mass is 10.1. The molecule has 0 bridgehead atoms. The Bertz CT molecular complexity index is 258. The summed E-state index contributed by atoms with van der Waals surface area (Å²) in [5.41, 5.74) is 1.84. The molecule has 0 atom stereocenters. The summed E-state index contributed by atoms with van der Waals surface area (Å²) in [5.74, 6) is 0. The van der Waals surface area contributed by atoms with Crippen molar-refractivity contribution < 1.29 is 0 Å². The van der Waals surface area contributed by atoms with Gasteiger partial charge in [-0.3, -0.25) is 0 Å². The minimum absolute atomic E-state index is 0.705. The van der Waals surface area contributed by atoms with Gasteiger partial charge in [0.2, 0.25) is 0 Å². The molecule has 1 aromatic rings. The highest BCUT2D eigenvalue weighted by atomic mass is 79.9. The Morgan fingerprint density at radius 2 is 2.00 bits per heavy atom. The standard InChI is InChI=1S/C9H7BrN/c10-6-5-8-1-3-9(7-11)4-2-8/h1-5H,6H2. The van der Waals surface area contributed by atoms with Crippen molar-refractivity contribution in [2.45, 2.75) is 0 Å². The van der Waals surface area contributed by atoms with E-state index in [0.29, 0.717) is 5.56 Å². The highest BCUT2D eigenvalue weighted by Crippen LogP contribution is 2.06. The van der Waals surface area contributed by atoms with Crippen LogP contribution in [0.5, 0.6) is 0 Å². The van der Waals surface area contributed by atoms with E-state index in [9.17, 15) is 0 Å². The van der Waals surface area contributed by atoms with Crippen molar-refractivity contribution in [2.75, 3.05) is 5.33 Å². The highest BCUT2D eigenvalue weighted by Gasteiger charge is 1.91. The van der Waals surface area contributed by atoms with Gasteiger partial charge in [0.05, 0.1) is 11.6 Å². The number of benzene rings is 1. The van der Waals surface area contributed by atoms with Gasteiger partial charge in [0.25, 0.3) is 0 Å². The normalized spacial score (nSPS) is 9.09. The molecule has 0 aromatic heterocycles. The summed E-state index contributed by atoms with van der Waals surface area (Å²) >= 11 is 3.30. The van der Waals surface area contributed by atoms with E-state index >= 15 is 0 Å². The second-order valence-corrected chi connectivity index (χ2v) is 2.74. The number of hydrogen-bond donors (Lipinski definition) is 0. The Hall–Kier alpha value is -0.810. The van der Waals surface area contributed by atoms with Gasteiger partial charge in [-0.2, -0.15) is 5.26 Å². The first-order valence-corrected chi connectivity index (χ1v) is 4.38. The quantitative estimate of drug-likeness (QED) is 0.686. The number of rotatable bonds is 2. The maximum absolute atomic E-state index is 8.49. The molecule has 1 nitrogen and oxygen atoms in total. The summed E-state index contributed by atoms with van der Waals surface area (Å²) < 4.78 is 0. The molecular formula is C9H7BrN. The first-order valence-electron chi connectivity index (χ1n) is 3.26. The summed E-state index contributed by atoms with van der Waals surface area (Å²) in [4.78, 5) is 0. The molecule has 55 valence electrons. The van der Waals surface area contributed by atoms with Crippen molar-refractivity contribution in [2.24, 2.45) is 0 Å². The van der Waals surface area contributed by atoms with Crippen LogP contribution in [-0.2, 0) is 0 Å². The second kappa shape index (κ2) is 4.15. The van der Waals surface area contributed by atoms with Crippen molar-refractivity contribution in [3.05, 3.63) is 41.8 Å². The Labute approximate surface area is 74.8 Å². The second-order valence-electron chi connectivity index (χ2n) is 2.09. The van der Waals surface area contributed by atoms with Crippen LogP contribution in [-0.4, -0.2) is 5.33 Å². The minimum atomic E-state index is 0.705. The minimum Gasteiger partial charge on any atom is -0.192 e. The Balaban J connectivity index is 2.76. The van der Waals surface area contributed by atoms with Crippen LogP contribution < -0.4 is 0 Å². The Morgan fingerprint density at radius 3 is 2.45 bits per heavy atom. The average Bonchev–Trinajstić information content (AvgIpc) is 2.07. The van der Waals surface area contributed by atoms with E-state index in [1.807, 2.05) is 30.7 Å². The van der Waals surface area contributed by atoms with Crippen molar-refractivity contribution in [1.82, 2.24) is 0 Å². The van der Waals surface area contributed by atoms with Crippen molar-refractivity contribution in [3.63, 3.8) is 0 Å². The first kappa shape index (κ1) is 8.29. The molecular weight excluding hydrogens is 202 g/mol. The number of nitrogens with zero attached hydrogens (tertiary/aromatic N) is 1. The van der Waals surface area contributed by atoms with Crippen LogP contribution in [0.15, 0.2) is 24.3 Å². The zero-order chi connectivity index (χ0) is 8.10. The lowest BCUT2D eigenvalue weighted by molar-refractivity contribution is 1.42. The largest absolute Gasteiger partial charge is 0.192 e. The summed E-state index contributed by atoms with van der Waals surface area (Å²) in [5, 5.41) is 9.34. The molecule has 0 spiro atoms. The number of alkyl halides is 1. The summed E-state index contributed by atoms with van der Waals surface area (Å²) in [6, 6.07) is 9.56.